The van der Waals surface area contributed by atoms with Gasteiger partial charge in [-0.1, -0.05) is 23.7 Å². The van der Waals surface area contributed by atoms with Crippen LogP contribution in [-0.4, -0.2) is 17.1 Å². The first kappa shape index (κ1) is 17.0. The van der Waals surface area contributed by atoms with Crippen LogP contribution < -0.4 is 15.4 Å². The molecule has 2 N–H and O–H groups in total. The lowest BCUT2D eigenvalue weighted by Gasteiger charge is -2.13. The molecule has 0 atom stereocenters. The third-order valence-electron chi connectivity index (χ3n) is 3.55. The fraction of sp³-hybridized carbons (Fsp3) is 0.158. The molecule has 0 fully saturated rings. The summed E-state index contributed by atoms with van der Waals surface area (Å²) >= 11 is 6.08. The van der Waals surface area contributed by atoms with E-state index in [1.165, 1.54) is 5.56 Å². The predicted molar refractivity (Wildman–Crippen MR) is 103 cm³/mol. The molecule has 0 aliphatic carbocycles. The summed E-state index contributed by atoms with van der Waals surface area (Å²) in [6.07, 6.45) is 0. The van der Waals surface area contributed by atoms with Crippen molar-refractivity contribution in [2.45, 2.75) is 13.8 Å². The van der Waals surface area contributed by atoms with E-state index in [1.807, 2.05) is 50.2 Å². The molecule has 0 aliphatic heterocycles. The Bertz CT molecular complexity index is 898. The van der Waals surface area contributed by atoms with Crippen molar-refractivity contribution >= 4 is 34.7 Å². The molecule has 0 bridgehead atoms. The number of hydrogen-bond donors (Lipinski definition) is 2. The highest BCUT2D eigenvalue weighted by Gasteiger charge is 2.08. The highest BCUT2D eigenvalue weighted by Crippen LogP contribution is 2.30. The largest absolute Gasteiger partial charge is 0.495 e. The van der Waals surface area contributed by atoms with E-state index >= 15 is 0 Å². The number of halogens is 1. The van der Waals surface area contributed by atoms with Gasteiger partial charge in [0, 0.05) is 22.5 Å². The molecule has 25 heavy (non-hydrogen) atoms. The maximum Gasteiger partial charge on any atom is 0.229 e. The molecule has 0 saturated heterocycles. The second kappa shape index (κ2) is 7.40. The molecular weight excluding hydrogens is 336 g/mol. The first-order chi connectivity index (χ1) is 12.0. The van der Waals surface area contributed by atoms with Crippen molar-refractivity contribution in [1.29, 1.82) is 0 Å². The minimum absolute atomic E-state index is 0.522. The average molecular weight is 355 g/mol. The van der Waals surface area contributed by atoms with Gasteiger partial charge in [-0.2, -0.15) is 4.98 Å². The third-order valence-corrected chi connectivity index (χ3v) is 3.79. The van der Waals surface area contributed by atoms with Gasteiger partial charge in [-0.15, -0.1) is 0 Å². The number of anilines is 4. The summed E-state index contributed by atoms with van der Waals surface area (Å²) in [5.41, 5.74) is 3.69. The standard InChI is InChI=1S/C19H19ClN4O/c1-12-5-4-6-15(9-12)22-19-21-13(2)10-18(24-19)23-16-11-14(20)7-8-17(16)25-3/h4-11H,1-3H3,(H2,21,22,23,24). The Morgan fingerprint density at radius 3 is 2.56 bits per heavy atom. The summed E-state index contributed by atoms with van der Waals surface area (Å²) in [7, 11) is 1.62. The average Bonchev–Trinajstić information content (AvgIpc) is 2.54. The second-order valence-corrected chi connectivity index (χ2v) is 6.12. The van der Waals surface area contributed by atoms with Crippen LogP contribution in [0, 0.1) is 13.8 Å². The summed E-state index contributed by atoms with van der Waals surface area (Å²) < 4.78 is 5.36. The minimum atomic E-state index is 0.522. The van der Waals surface area contributed by atoms with Gasteiger partial charge in [0.2, 0.25) is 5.95 Å². The van der Waals surface area contributed by atoms with Crippen LogP contribution in [0.3, 0.4) is 0 Å². The van der Waals surface area contributed by atoms with Crippen LogP contribution in [-0.2, 0) is 0 Å². The molecule has 5 nitrogen and oxygen atoms in total. The van der Waals surface area contributed by atoms with Crippen LogP contribution in [0.1, 0.15) is 11.3 Å². The van der Waals surface area contributed by atoms with E-state index in [9.17, 15) is 0 Å². The highest BCUT2D eigenvalue weighted by molar-refractivity contribution is 6.31. The molecule has 2 aromatic carbocycles. The second-order valence-electron chi connectivity index (χ2n) is 5.68. The van der Waals surface area contributed by atoms with Crippen LogP contribution in [0.2, 0.25) is 5.02 Å². The van der Waals surface area contributed by atoms with Crippen molar-refractivity contribution in [2.24, 2.45) is 0 Å². The van der Waals surface area contributed by atoms with E-state index in [2.05, 4.69) is 20.6 Å². The summed E-state index contributed by atoms with van der Waals surface area (Å²) in [5.74, 6) is 1.87. The number of hydrogen-bond acceptors (Lipinski definition) is 5. The molecule has 1 aromatic heterocycles. The summed E-state index contributed by atoms with van der Waals surface area (Å²) in [6.45, 7) is 3.96. The Balaban J connectivity index is 1.88. The van der Waals surface area contributed by atoms with Gasteiger partial charge in [-0.25, -0.2) is 4.98 Å². The molecule has 0 spiro atoms. The SMILES string of the molecule is COc1ccc(Cl)cc1Nc1cc(C)nc(Nc2cccc(C)c2)n1. The van der Waals surface area contributed by atoms with Crippen LogP contribution >= 0.6 is 11.6 Å². The molecule has 6 heteroatoms. The Morgan fingerprint density at radius 2 is 1.80 bits per heavy atom. The number of nitrogens with zero attached hydrogens (tertiary/aromatic N) is 2. The van der Waals surface area contributed by atoms with Crippen molar-refractivity contribution in [3.05, 3.63) is 64.8 Å². The van der Waals surface area contributed by atoms with E-state index < -0.39 is 0 Å². The van der Waals surface area contributed by atoms with Gasteiger partial charge in [0.25, 0.3) is 0 Å². The number of benzene rings is 2. The Morgan fingerprint density at radius 1 is 0.960 bits per heavy atom. The zero-order chi connectivity index (χ0) is 17.8. The van der Waals surface area contributed by atoms with Crippen molar-refractivity contribution < 1.29 is 4.74 Å². The van der Waals surface area contributed by atoms with Gasteiger partial charge >= 0.3 is 0 Å². The number of ether oxygens (including phenoxy) is 1. The molecule has 0 unspecified atom stereocenters. The molecule has 3 aromatic rings. The van der Waals surface area contributed by atoms with Crippen molar-refractivity contribution in [2.75, 3.05) is 17.7 Å². The highest BCUT2D eigenvalue weighted by atomic mass is 35.5. The van der Waals surface area contributed by atoms with Crippen LogP contribution in [0.25, 0.3) is 0 Å². The monoisotopic (exact) mass is 354 g/mol. The third kappa shape index (κ3) is 4.39. The first-order valence-corrected chi connectivity index (χ1v) is 8.21. The summed E-state index contributed by atoms with van der Waals surface area (Å²) in [5, 5.41) is 7.09. The van der Waals surface area contributed by atoms with E-state index in [1.54, 1.807) is 19.2 Å². The van der Waals surface area contributed by atoms with Gasteiger partial charge in [0.15, 0.2) is 0 Å². The van der Waals surface area contributed by atoms with Crippen molar-refractivity contribution in [3.8, 4) is 5.75 Å². The maximum absolute atomic E-state index is 6.08. The fourth-order valence-corrected chi connectivity index (χ4v) is 2.63. The van der Waals surface area contributed by atoms with Crippen molar-refractivity contribution in [3.63, 3.8) is 0 Å². The number of nitrogens with one attached hydrogen (secondary N) is 2. The number of rotatable bonds is 5. The number of methoxy groups -OCH3 is 1. The Hall–Kier alpha value is -2.79. The van der Waals surface area contributed by atoms with Gasteiger partial charge < -0.3 is 15.4 Å². The van der Waals surface area contributed by atoms with Gasteiger partial charge in [0.05, 0.1) is 12.8 Å². The van der Waals surface area contributed by atoms with Crippen LogP contribution in [0.15, 0.2) is 48.5 Å². The van der Waals surface area contributed by atoms with Crippen molar-refractivity contribution in [1.82, 2.24) is 9.97 Å². The topological polar surface area (TPSA) is 59.1 Å². The Kier molecular flexibility index (Phi) is 5.05. The van der Waals surface area contributed by atoms with Gasteiger partial charge in [-0.3, -0.25) is 0 Å². The quantitative estimate of drug-likeness (QED) is 0.656. The normalized spacial score (nSPS) is 10.4. The lowest BCUT2D eigenvalue weighted by Crippen LogP contribution is -2.03. The number of aromatic nitrogens is 2. The minimum Gasteiger partial charge on any atom is -0.495 e. The van der Waals surface area contributed by atoms with Crippen LogP contribution in [0.4, 0.5) is 23.1 Å². The van der Waals surface area contributed by atoms with E-state index in [0.29, 0.717) is 22.5 Å². The molecule has 0 aliphatic rings. The summed E-state index contributed by atoms with van der Waals surface area (Å²) in [6, 6.07) is 15.3. The van der Waals surface area contributed by atoms with Crippen LogP contribution in [0.5, 0.6) is 5.75 Å². The zero-order valence-corrected chi connectivity index (χ0v) is 15.1. The number of aryl methyl sites for hydroxylation is 2. The van der Waals surface area contributed by atoms with Gasteiger partial charge in [0.1, 0.15) is 11.6 Å². The molecular formula is C19H19ClN4O. The lowest BCUT2D eigenvalue weighted by molar-refractivity contribution is 0.417. The molecule has 3 rings (SSSR count). The van der Waals surface area contributed by atoms with Gasteiger partial charge in [-0.05, 0) is 49.7 Å². The smallest absolute Gasteiger partial charge is 0.229 e. The Labute approximate surface area is 152 Å². The molecule has 128 valence electrons. The molecule has 0 saturated carbocycles. The maximum atomic E-state index is 6.08. The molecule has 1 heterocycles. The zero-order valence-electron chi connectivity index (χ0n) is 14.3. The molecule has 0 radical (unpaired) electrons. The van der Waals surface area contributed by atoms with E-state index in [4.69, 9.17) is 16.3 Å². The fourth-order valence-electron chi connectivity index (χ4n) is 2.46. The van der Waals surface area contributed by atoms with E-state index in [-0.39, 0.29) is 0 Å². The predicted octanol–water partition coefficient (Wildman–Crippen LogP) is 5.24. The lowest BCUT2D eigenvalue weighted by atomic mass is 10.2. The van der Waals surface area contributed by atoms with E-state index in [0.717, 1.165) is 17.1 Å². The molecule has 0 amide bonds. The summed E-state index contributed by atoms with van der Waals surface area (Å²) in [4.78, 5) is 8.97. The first-order valence-electron chi connectivity index (χ1n) is 7.83.